The minimum atomic E-state index is 0.0261. The lowest BCUT2D eigenvalue weighted by molar-refractivity contribution is -0.117. The molecule has 7 heteroatoms. The van der Waals surface area contributed by atoms with E-state index in [1.807, 2.05) is 30.3 Å². The maximum Gasteiger partial charge on any atom is 0.228 e. The van der Waals surface area contributed by atoms with Gasteiger partial charge in [-0.15, -0.1) is 0 Å². The highest BCUT2D eigenvalue weighted by atomic mass is 35.5. The van der Waals surface area contributed by atoms with Crippen molar-refractivity contribution >= 4 is 40.5 Å². The summed E-state index contributed by atoms with van der Waals surface area (Å²) < 4.78 is 5.97. The number of unbranched alkanes of at least 4 members (excludes halogenated alkanes) is 1. The van der Waals surface area contributed by atoms with Gasteiger partial charge in [0.15, 0.2) is 0 Å². The van der Waals surface area contributed by atoms with E-state index >= 15 is 0 Å². The summed E-state index contributed by atoms with van der Waals surface area (Å²) in [5, 5.41) is 4.29. The fraction of sp³-hybridized carbons (Fsp3) is 0.480. The summed E-state index contributed by atoms with van der Waals surface area (Å²) >= 11 is 12.5. The minimum Gasteiger partial charge on any atom is -0.494 e. The Hall–Kier alpha value is -1.95. The molecule has 0 spiro atoms. The van der Waals surface area contributed by atoms with Gasteiger partial charge in [0.1, 0.15) is 5.75 Å². The molecule has 170 valence electrons. The SMILES string of the molecule is CC12CC1C(=O)Nc1cc(OCCCCN3CCN(c4cccc(Cl)c4Cl)CC3)ccc12. The van der Waals surface area contributed by atoms with Crippen molar-refractivity contribution in [3.05, 3.63) is 52.0 Å². The van der Waals surface area contributed by atoms with E-state index in [0.29, 0.717) is 16.7 Å². The molecule has 32 heavy (non-hydrogen) atoms. The highest BCUT2D eigenvalue weighted by Crippen LogP contribution is 2.59. The van der Waals surface area contributed by atoms with E-state index in [4.69, 9.17) is 27.9 Å². The molecule has 5 nitrogen and oxygen atoms in total. The van der Waals surface area contributed by atoms with E-state index in [1.165, 1.54) is 5.56 Å². The molecular formula is C25H29Cl2N3O2. The van der Waals surface area contributed by atoms with Crippen LogP contribution in [0.15, 0.2) is 36.4 Å². The summed E-state index contributed by atoms with van der Waals surface area (Å²) in [7, 11) is 0. The number of carbonyl (C=O) groups is 1. The monoisotopic (exact) mass is 473 g/mol. The largest absolute Gasteiger partial charge is 0.494 e. The van der Waals surface area contributed by atoms with Crippen molar-refractivity contribution in [2.24, 2.45) is 5.92 Å². The fourth-order valence-electron chi connectivity index (χ4n) is 5.06. The number of piperazine rings is 1. The van der Waals surface area contributed by atoms with Crippen LogP contribution in [0.1, 0.15) is 31.7 Å². The van der Waals surface area contributed by atoms with Crippen LogP contribution in [0, 0.1) is 5.92 Å². The van der Waals surface area contributed by atoms with Crippen molar-refractivity contribution < 1.29 is 9.53 Å². The van der Waals surface area contributed by atoms with Crippen LogP contribution in [0.5, 0.6) is 5.75 Å². The second-order valence-electron chi connectivity index (χ2n) is 9.33. The van der Waals surface area contributed by atoms with Gasteiger partial charge in [-0.1, -0.05) is 42.3 Å². The lowest BCUT2D eigenvalue weighted by atomic mass is 9.90. The summed E-state index contributed by atoms with van der Waals surface area (Å²) in [6.07, 6.45) is 3.05. The fourth-order valence-corrected chi connectivity index (χ4v) is 5.47. The van der Waals surface area contributed by atoms with E-state index in [-0.39, 0.29) is 17.2 Å². The van der Waals surface area contributed by atoms with E-state index in [9.17, 15) is 4.79 Å². The lowest BCUT2D eigenvalue weighted by Crippen LogP contribution is -2.46. The number of hydrogen-bond acceptors (Lipinski definition) is 4. The van der Waals surface area contributed by atoms with E-state index in [1.54, 1.807) is 0 Å². The number of halogens is 2. The van der Waals surface area contributed by atoms with Crippen molar-refractivity contribution in [1.82, 2.24) is 4.90 Å². The Kier molecular flexibility index (Phi) is 5.99. The van der Waals surface area contributed by atoms with Gasteiger partial charge in [-0.3, -0.25) is 9.69 Å². The van der Waals surface area contributed by atoms with E-state index < -0.39 is 0 Å². The van der Waals surface area contributed by atoms with Gasteiger partial charge >= 0.3 is 0 Å². The van der Waals surface area contributed by atoms with Gasteiger partial charge in [-0.25, -0.2) is 0 Å². The summed E-state index contributed by atoms with van der Waals surface area (Å²) in [5.41, 5.74) is 3.21. The zero-order valence-corrected chi connectivity index (χ0v) is 19.9. The van der Waals surface area contributed by atoms with Gasteiger partial charge < -0.3 is 15.0 Å². The van der Waals surface area contributed by atoms with Gasteiger partial charge in [0.2, 0.25) is 5.91 Å². The molecule has 2 aromatic carbocycles. The number of nitrogens with zero attached hydrogens (tertiary/aromatic N) is 2. The summed E-state index contributed by atoms with van der Waals surface area (Å²) in [4.78, 5) is 16.9. The van der Waals surface area contributed by atoms with Crippen molar-refractivity contribution in [2.75, 3.05) is 49.5 Å². The Morgan fingerprint density at radius 2 is 1.94 bits per heavy atom. The molecule has 2 atom stereocenters. The number of rotatable bonds is 7. The second kappa shape index (κ2) is 8.77. The Morgan fingerprint density at radius 1 is 1.12 bits per heavy atom. The van der Waals surface area contributed by atoms with Crippen LogP contribution < -0.4 is 15.0 Å². The van der Waals surface area contributed by atoms with Crippen LogP contribution in [0.2, 0.25) is 10.0 Å². The molecule has 2 fully saturated rings. The van der Waals surface area contributed by atoms with Gasteiger partial charge in [-0.2, -0.15) is 0 Å². The Balaban J connectivity index is 1.04. The molecular weight excluding hydrogens is 445 g/mol. The Bertz CT molecular complexity index is 1020. The van der Waals surface area contributed by atoms with Crippen LogP contribution in [0.3, 0.4) is 0 Å². The molecule has 2 heterocycles. The van der Waals surface area contributed by atoms with Gasteiger partial charge in [0.05, 0.1) is 22.3 Å². The van der Waals surface area contributed by atoms with Crippen molar-refractivity contribution in [1.29, 1.82) is 0 Å². The molecule has 1 aliphatic carbocycles. The molecule has 0 radical (unpaired) electrons. The quantitative estimate of drug-likeness (QED) is 0.560. The highest BCUT2D eigenvalue weighted by Gasteiger charge is 2.58. The molecule has 1 saturated carbocycles. The first-order valence-corrected chi connectivity index (χ1v) is 12.2. The average Bonchev–Trinajstić information content (AvgIpc) is 3.50. The first-order chi connectivity index (χ1) is 15.5. The molecule has 1 N–H and O–H groups in total. The predicted molar refractivity (Wildman–Crippen MR) is 130 cm³/mol. The number of nitrogens with one attached hydrogen (secondary N) is 1. The molecule has 1 saturated heterocycles. The minimum absolute atomic E-state index is 0.0261. The van der Waals surface area contributed by atoms with E-state index in [0.717, 1.165) is 69.1 Å². The van der Waals surface area contributed by atoms with Crippen molar-refractivity contribution in [2.45, 2.75) is 31.6 Å². The van der Waals surface area contributed by atoms with Crippen molar-refractivity contribution in [3.63, 3.8) is 0 Å². The molecule has 2 aliphatic heterocycles. The number of ether oxygens (including phenoxy) is 1. The predicted octanol–water partition coefficient (Wildman–Crippen LogP) is 5.20. The molecule has 2 aromatic rings. The number of amides is 1. The average molecular weight is 474 g/mol. The maximum absolute atomic E-state index is 12.1. The van der Waals surface area contributed by atoms with Crippen LogP contribution in [0.25, 0.3) is 0 Å². The number of anilines is 2. The molecule has 3 aliphatic rings. The third-order valence-corrected chi connectivity index (χ3v) is 8.01. The second-order valence-corrected chi connectivity index (χ2v) is 10.1. The smallest absolute Gasteiger partial charge is 0.228 e. The third kappa shape index (κ3) is 4.18. The summed E-state index contributed by atoms with van der Waals surface area (Å²) in [5.74, 6) is 1.12. The number of fused-ring (bicyclic) bond motifs is 3. The summed E-state index contributed by atoms with van der Waals surface area (Å²) in [6.45, 7) is 7.89. The zero-order chi connectivity index (χ0) is 22.3. The number of benzene rings is 2. The van der Waals surface area contributed by atoms with Gasteiger partial charge in [0, 0.05) is 49.3 Å². The third-order valence-electron chi connectivity index (χ3n) is 7.20. The zero-order valence-electron chi connectivity index (χ0n) is 18.4. The molecule has 2 unspecified atom stereocenters. The highest BCUT2D eigenvalue weighted by molar-refractivity contribution is 6.43. The molecule has 0 bridgehead atoms. The van der Waals surface area contributed by atoms with Gasteiger partial charge in [-0.05, 0) is 49.6 Å². The van der Waals surface area contributed by atoms with Crippen LogP contribution in [-0.2, 0) is 10.2 Å². The standard InChI is InChI=1S/C25H29Cl2N3O2/c1-25-16-19(25)24(31)28-21-15-17(7-8-18(21)25)32-14-3-2-9-29-10-12-30(13-11-29)22-6-4-5-20(26)23(22)27/h4-8,15,19H,2-3,9-14,16H2,1H3,(H,28,31). The van der Waals surface area contributed by atoms with E-state index in [2.05, 4.69) is 28.1 Å². The number of carbonyl (C=O) groups excluding carboxylic acids is 1. The summed E-state index contributed by atoms with van der Waals surface area (Å²) in [6, 6.07) is 12.0. The lowest BCUT2D eigenvalue weighted by Gasteiger charge is -2.36. The molecule has 0 aromatic heterocycles. The number of hydrogen-bond donors (Lipinski definition) is 1. The van der Waals surface area contributed by atoms with Crippen LogP contribution in [0.4, 0.5) is 11.4 Å². The molecule has 1 amide bonds. The maximum atomic E-state index is 12.1. The normalized spacial score (nSPS) is 24.5. The first-order valence-electron chi connectivity index (χ1n) is 11.5. The van der Waals surface area contributed by atoms with Gasteiger partial charge in [0.25, 0.3) is 0 Å². The van der Waals surface area contributed by atoms with Crippen LogP contribution >= 0.6 is 23.2 Å². The molecule has 5 rings (SSSR count). The van der Waals surface area contributed by atoms with Crippen LogP contribution in [-0.4, -0.2) is 50.1 Å². The first kappa shape index (κ1) is 21.9. The van der Waals surface area contributed by atoms with Crippen molar-refractivity contribution in [3.8, 4) is 5.75 Å². The Labute approximate surface area is 199 Å². The topological polar surface area (TPSA) is 44.8 Å². The Morgan fingerprint density at radius 3 is 2.75 bits per heavy atom.